The fourth-order valence-electron chi connectivity index (χ4n) is 2.86. The Bertz CT molecular complexity index is 1160. The lowest BCUT2D eigenvalue weighted by Gasteiger charge is -2.08. The Kier molecular flexibility index (Phi) is 7.91. The fourth-order valence-corrected chi connectivity index (χ4v) is 2.86. The van der Waals surface area contributed by atoms with Gasteiger partial charge < -0.3 is 14.8 Å². The third-order valence-corrected chi connectivity index (χ3v) is 4.65. The molecule has 2 amide bonds. The molecule has 3 aromatic carbocycles. The summed E-state index contributed by atoms with van der Waals surface area (Å²) in [4.78, 5) is 36.3. The van der Waals surface area contributed by atoms with Gasteiger partial charge >= 0.3 is 17.8 Å². The standard InChI is InChI=1S/C25H23N3O5/c1-3-18-6-4-5-7-22(18)27-23(29)24(30)28-26-16-17-8-12-21(13-9-17)33-25(31)19-10-14-20(32-2)15-11-19/h4-16H,3H2,1-2H3,(H,27,29)(H,28,30)/b26-16+. The van der Waals surface area contributed by atoms with Gasteiger partial charge in [0.1, 0.15) is 11.5 Å². The maximum atomic E-state index is 12.2. The molecule has 168 valence electrons. The zero-order valence-electron chi connectivity index (χ0n) is 18.2. The highest BCUT2D eigenvalue weighted by molar-refractivity contribution is 6.39. The van der Waals surface area contributed by atoms with Crippen LogP contribution in [0.15, 0.2) is 77.9 Å². The van der Waals surface area contributed by atoms with Crippen molar-refractivity contribution in [1.29, 1.82) is 0 Å². The first kappa shape index (κ1) is 23.2. The average molecular weight is 445 g/mol. The summed E-state index contributed by atoms with van der Waals surface area (Å²) in [7, 11) is 1.55. The van der Waals surface area contributed by atoms with Gasteiger partial charge in [-0.25, -0.2) is 10.2 Å². The maximum Gasteiger partial charge on any atom is 0.343 e. The number of methoxy groups -OCH3 is 1. The second-order valence-electron chi connectivity index (χ2n) is 6.85. The minimum absolute atomic E-state index is 0.353. The second-order valence-corrected chi connectivity index (χ2v) is 6.85. The molecule has 0 aromatic heterocycles. The molecule has 0 aliphatic heterocycles. The number of nitrogens with one attached hydrogen (secondary N) is 2. The van der Waals surface area contributed by atoms with Gasteiger partial charge in [-0.05, 0) is 72.1 Å². The number of carbonyl (C=O) groups is 3. The lowest BCUT2D eigenvalue weighted by atomic mass is 10.1. The second kappa shape index (κ2) is 11.2. The van der Waals surface area contributed by atoms with Crippen LogP contribution in [-0.4, -0.2) is 31.1 Å². The molecule has 0 unspecified atom stereocenters. The predicted octanol–water partition coefficient (Wildman–Crippen LogP) is 3.57. The van der Waals surface area contributed by atoms with Gasteiger partial charge in [-0.2, -0.15) is 5.10 Å². The largest absolute Gasteiger partial charge is 0.497 e. The number of aryl methyl sites for hydroxylation is 1. The molecular weight excluding hydrogens is 422 g/mol. The Labute approximate surface area is 191 Å². The Hall–Kier alpha value is -4.46. The van der Waals surface area contributed by atoms with E-state index in [1.54, 1.807) is 67.8 Å². The van der Waals surface area contributed by atoms with E-state index in [4.69, 9.17) is 9.47 Å². The van der Waals surface area contributed by atoms with E-state index in [1.165, 1.54) is 6.21 Å². The molecule has 33 heavy (non-hydrogen) atoms. The number of amides is 2. The molecule has 8 nitrogen and oxygen atoms in total. The van der Waals surface area contributed by atoms with Crippen molar-refractivity contribution in [1.82, 2.24) is 5.43 Å². The Morgan fingerprint density at radius 2 is 1.55 bits per heavy atom. The van der Waals surface area contributed by atoms with Crippen molar-refractivity contribution in [3.05, 3.63) is 89.5 Å². The van der Waals surface area contributed by atoms with Crippen LogP contribution >= 0.6 is 0 Å². The number of carbonyl (C=O) groups excluding carboxylic acids is 3. The molecule has 0 aliphatic carbocycles. The average Bonchev–Trinajstić information content (AvgIpc) is 2.85. The van der Waals surface area contributed by atoms with Crippen LogP contribution < -0.4 is 20.2 Å². The van der Waals surface area contributed by atoms with Gasteiger partial charge in [0.15, 0.2) is 0 Å². The van der Waals surface area contributed by atoms with Gasteiger partial charge in [0.25, 0.3) is 0 Å². The van der Waals surface area contributed by atoms with E-state index in [1.807, 2.05) is 19.1 Å². The summed E-state index contributed by atoms with van der Waals surface area (Å²) < 4.78 is 10.4. The van der Waals surface area contributed by atoms with Crippen molar-refractivity contribution in [2.45, 2.75) is 13.3 Å². The number of rotatable bonds is 7. The summed E-state index contributed by atoms with van der Waals surface area (Å²) in [6.07, 6.45) is 2.10. The molecule has 0 saturated carbocycles. The third-order valence-electron chi connectivity index (χ3n) is 4.65. The van der Waals surface area contributed by atoms with Crippen LogP contribution in [0.3, 0.4) is 0 Å². The molecule has 0 aliphatic rings. The topological polar surface area (TPSA) is 106 Å². The minimum atomic E-state index is -0.887. The number of esters is 1. The molecule has 8 heteroatoms. The van der Waals surface area contributed by atoms with E-state index in [2.05, 4.69) is 15.8 Å². The van der Waals surface area contributed by atoms with Crippen molar-refractivity contribution in [2.75, 3.05) is 12.4 Å². The van der Waals surface area contributed by atoms with Crippen molar-refractivity contribution in [3.63, 3.8) is 0 Å². The van der Waals surface area contributed by atoms with Crippen LogP contribution in [0.5, 0.6) is 11.5 Å². The lowest BCUT2D eigenvalue weighted by molar-refractivity contribution is -0.136. The fraction of sp³-hybridized carbons (Fsp3) is 0.120. The molecule has 0 spiro atoms. The van der Waals surface area contributed by atoms with E-state index in [0.29, 0.717) is 28.3 Å². The molecule has 3 aromatic rings. The van der Waals surface area contributed by atoms with Gasteiger partial charge in [-0.1, -0.05) is 25.1 Å². The molecule has 0 heterocycles. The zero-order chi connectivity index (χ0) is 23.6. The normalized spacial score (nSPS) is 10.5. The number of nitrogens with zero attached hydrogens (tertiary/aromatic N) is 1. The first-order valence-corrected chi connectivity index (χ1v) is 10.2. The number of hydrogen-bond acceptors (Lipinski definition) is 6. The predicted molar refractivity (Wildman–Crippen MR) is 125 cm³/mol. The molecule has 0 radical (unpaired) electrons. The molecular formula is C25H23N3O5. The quantitative estimate of drug-likeness (QED) is 0.190. The highest BCUT2D eigenvalue weighted by Crippen LogP contribution is 2.17. The zero-order valence-corrected chi connectivity index (χ0v) is 18.2. The van der Waals surface area contributed by atoms with Crippen LogP contribution in [0.4, 0.5) is 5.69 Å². The number of anilines is 1. The number of hydrazone groups is 1. The number of hydrogen-bond donors (Lipinski definition) is 2. The van der Waals surface area contributed by atoms with Crippen LogP contribution in [0.2, 0.25) is 0 Å². The number of benzene rings is 3. The van der Waals surface area contributed by atoms with Crippen molar-refractivity contribution >= 4 is 29.7 Å². The van der Waals surface area contributed by atoms with Crippen molar-refractivity contribution < 1.29 is 23.9 Å². The van der Waals surface area contributed by atoms with E-state index in [-0.39, 0.29) is 0 Å². The number of ether oxygens (including phenoxy) is 2. The van der Waals surface area contributed by atoms with Gasteiger partial charge in [0.05, 0.1) is 18.9 Å². The summed E-state index contributed by atoms with van der Waals surface area (Å²) in [6, 6.07) is 20.3. The summed E-state index contributed by atoms with van der Waals surface area (Å²) in [5, 5.41) is 6.37. The summed E-state index contributed by atoms with van der Waals surface area (Å²) in [5.74, 6) is -1.20. The van der Waals surface area contributed by atoms with Crippen LogP contribution in [0.25, 0.3) is 0 Å². The van der Waals surface area contributed by atoms with Crippen LogP contribution in [0.1, 0.15) is 28.4 Å². The minimum Gasteiger partial charge on any atom is -0.497 e. The molecule has 0 fully saturated rings. The van der Waals surface area contributed by atoms with Crippen LogP contribution in [0, 0.1) is 0 Å². The Morgan fingerprint density at radius 1 is 0.879 bits per heavy atom. The summed E-state index contributed by atoms with van der Waals surface area (Å²) >= 11 is 0. The summed E-state index contributed by atoms with van der Waals surface area (Å²) in [5.41, 5.74) is 4.73. The smallest absolute Gasteiger partial charge is 0.343 e. The highest BCUT2D eigenvalue weighted by atomic mass is 16.5. The molecule has 0 atom stereocenters. The number of para-hydroxylation sites is 1. The third kappa shape index (κ3) is 6.51. The first-order valence-electron chi connectivity index (χ1n) is 10.2. The SMILES string of the molecule is CCc1ccccc1NC(=O)C(=O)N/N=C/c1ccc(OC(=O)c2ccc(OC)cc2)cc1. The molecule has 0 bridgehead atoms. The summed E-state index contributed by atoms with van der Waals surface area (Å²) in [6.45, 7) is 1.96. The van der Waals surface area contributed by atoms with Gasteiger partial charge in [-0.15, -0.1) is 0 Å². The highest BCUT2D eigenvalue weighted by Gasteiger charge is 2.14. The van der Waals surface area contributed by atoms with Crippen LogP contribution in [-0.2, 0) is 16.0 Å². The maximum absolute atomic E-state index is 12.2. The van der Waals surface area contributed by atoms with E-state index in [9.17, 15) is 14.4 Å². The molecule has 3 rings (SSSR count). The lowest BCUT2D eigenvalue weighted by Crippen LogP contribution is -2.32. The van der Waals surface area contributed by atoms with E-state index in [0.717, 1.165) is 12.0 Å². The van der Waals surface area contributed by atoms with Gasteiger partial charge in [0, 0.05) is 5.69 Å². The first-order chi connectivity index (χ1) is 16.0. The van der Waals surface area contributed by atoms with E-state index < -0.39 is 17.8 Å². The van der Waals surface area contributed by atoms with Gasteiger partial charge in [-0.3, -0.25) is 9.59 Å². The molecule has 2 N–H and O–H groups in total. The van der Waals surface area contributed by atoms with Crippen molar-refractivity contribution in [3.8, 4) is 11.5 Å². The Balaban J connectivity index is 1.51. The molecule has 0 saturated heterocycles. The van der Waals surface area contributed by atoms with Crippen molar-refractivity contribution in [2.24, 2.45) is 5.10 Å². The Morgan fingerprint density at radius 3 is 2.21 bits per heavy atom. The van der Waals surface area contributed by atoms with E-state index >= 15 is 0 Å². The monoisotopic (exact) mass is 445 g/mol. The van der Waals surface area contributed by atoms with Gasteiger partial charge in [0.2, 0.25) is 0 Å².